The van der Waals surface area contributed by atoms with Crippen LogP contribution in [0.4, 0.5) is 0 Å². The lowest BCUT2D eigenvalue weighted by Gasteiger charge is -2.48. The first-order valence-corrected chi connectivity index (χ1v) is 11.0. The van der Waals surface area contributed by atoms with Crippen LogP contribution in [-0.4, -0.2) is 19.0 Å². The minimum Gasteiger partial charge on any atom is -0.510 e. The number of rotatable bonds is 4. The summed E-state index contributed by atoms with van der Waals surface area (Å²) in [6, 6.07) is 0. The first-order valence-electron chi connectivity index (χ1n) is 8.10. The average Bonchev–Trinajstić information content (AvgIpc) is 2.36. The molecule has 3 heteroatoms. The van der Waals surface area contributed by atoms with Crippen molar-refractivity contribution in [2.24, 2.45) is 5.92 Å². The zero-order valence-electron chi connectivity index (χ0n) is 14.5. The molecule has 1 fully saturated rings. The van der Waals surface area contributed by atoms with E-state index < -0.39 is 13.9 Å². The third kappa shape index (κ3) is 3.67. The van der Waals surface area contributed by atoms with Crippen molar-refractivity contribution in [2.45, 2.75) is 90.5 Å². The van der Waals surface area contributed by atoms with Gasteiger partial charge in [0.2, 0.25) is 0 Å². The summed E-state index contributed by atoms with van der Waals surface area (Å²) in [6.45, 7) is 15.3. The molecule has 1 aliphatic rings. The van der Waals surface area contributed by atoms with Crippen LogP contribution in [0.15, 0.2) is 11.8 Å². The summed E-state index contributed by atoms with van der Waals surface area (Å²) in [5, 5.41) is 10.7. The van der Waals surface area contributed by atoms with Gasteiger partial charge in [0, 0.05) is 0 Å². The van der Waals surface area contributed by atoms with Gasteiger partial charge in [-0.2, -0.15) is 0 Å². The maximum atomic E-state index is 10.5. The Morgan fingerprint density at radius 2 is 1.60 bits per heavy atom. The molecule has 0 amide bonds. The molecule has 0 heterocycles. The van der Waals surface area contributed by atoms with Gasteiger partial charge < -0.3 is 9.53 Å². The molecule has 20 heavy (non-hydrogen) atoms. The Morgan fingerprint density at radius 1 is 1.10 bits per heavy atom. The number of allylic oxidation sites excluding steroid dienone is 1. The maximum absolute atomic E-state index is 10.5. The lowest BCUT2D eigenvalue weighted by atomic mass is 9.77. The molecule has 0 aromatic carbocycles. The smallest absolute Gasteiger partial charge is 0.193 e. The normalized spacial score (nSPS) is 22.6. The van der Waals surface area contributed by atoms with Crippen molar-refractivity contribution >= 4 is 8.32 Å². The van der Waals surface area contributed by atoms with Crippen molar-refractivity contribution in [1.29, 1.82) is 0 Å². The molecule has 0 bridgehead atoms. The van der Waals surface area contributed by atoms with Gasteiger partial charge in [-0.25, -0.2) is 0 Å². The first-order chi connectivity index (χ1) is 9.04. The van der Waals surface area contributed by atoms with Gasteiger partial charge >= 0.3 is 0 Å². The molecule has 1 rings (SSSR count). The van der Waals surface area contributed by atoms with Gasteiger partial charge in [-0.15, -0.1) is 0 Å². The van der Waals surface area contributed by atoms with Crippen molar-refractivity contribution in [2.75, 3.05) is 0 Å². The second-order valence-corrected chi connectivity index (χ2v) is 12.7. The minimum absolute atomic E-state index is 0.164. The van der Waals surface area contributed by atoms with Crippen LogP contribution in [-0.2, 0) is 4.43 Å². The monoisotopic (exact) mass is 298 g/mol. The number of hydrogen-bond donors (Lipinski definition) is 1. The Kier molecular flexibility index (Phi) is 5.53. The predicted molar refractivity (Wildman–Crippen MR) is 89.6 cm³/mol. The van der Waals surface area contributed by atoms with Crippen LogP contribution < -0.4 is 0 Å². The highest BCUT2D eigenvalue weighted by atomic mass is 28.4. The Labute approximate surface area is 126 Å². The highest BCUT2D eigenvalue weighted by molar-refractivity contribution is 6.74. The van der Waals surface area contributed by atoms with Crippen LogP contribution in [0.25, 0.3) is 0 Å². The molecule has 1 aliphatic carbocycles. The topological polar surface area (TPSA) is 29.5 Å². The van der Waals surface area contributed by atoms with Gasteiger partial charge in [0.15, 0.2) is 8.32 Å². The molecular weight excluding hydrogens is 264 g/mol. The quantitative estimate of drug-likeness (QED) is 0.524. The van der Waals surface area contributed by atoms with E-state index in [2.05, 4.69) is 40.8 Å². The van der Waals surface area contributed by atoms with Gasteiger partial charge in [0.1, 0.15) is 11.4 Å². The Hall–Kier alpha value is -0.283. The van der Waals surface area contributed by atoms with Gasteiger partial charge in [-0.1, -0.05) is 40.0 Å². The van der Waals surface area contributed by atoms with Crippen LogP contribution in [0.2, 0.25) is 18.1 Å². The molecule has 0 saturated heterocycles. The van der Waals surface area contributed by atoms with Crippen LogP contribution in [0, 0.1) is 5.92 Å². The lowest BCUT2D eigenvalue weighted by molar-refractivity contribution is -0.00515. The Balaban J connectivity index is 3.06. The summed E-state index contributed by atoms with van der Waals surface area (Å²) in [4.78, 5) is 0. The number of aliphatic hydroxyl groups excluding tert-OH is 1. The summed E-state index contributed by atoms with van der Waals surface area (Å²) < 4.78 is 6.70. The summed E-state index contributed by atoms with van der Waals surface area (Å²) in [6.07, 6.45) is 8.01. The zero-order chi connectivity index (χ0) is 15.6. The largest absolute Gasteiger partial charge is 0.510 e. The van der Waals surface area contributed by atoms with E-state index in [0.717, 1.165) is 0 Å². The summed E-state index contributed by atoms with van der Waals surface area (Å²) in [7, 11) is -1.90. The zero-order valence-corrected chi connectivity index (χ0v) is 15.5. The molecule has 2 nitrogen and oxygen atoms in total. The fraction of sp³-hybridized carbons (Fsp3) is 0.882. The standard InChI is InChI=1S/C17H34O2Si/c1-8-15(18)17(5,14-12-10-9-11-13-14)19-20(6,7)16(2,3)4/h8,14,18H,9-13H2,1-7H3/b15-8-/t17-/m0/s1. The van der Waals surface area contributed by atoms with Crippen LogP contribution in [0.5, 0.6) is 0 Å². The van der Waals surface area contributed by atoms with Crippen molar-refractivity contribution in [3.63, 3.8) is 0 Å². The predicted octanol–water partition coefficient (Wildman–Crippen LogP) is 5.81. The molecule has 1 N–H and O–H groups in total. The van der Waals surface area contributed by atoms with Gasteiger partial charge in [0.05, 0.1) is 0 Å². The fourth-order valence-corrected chi connectivity index (χ4v) is 4.61. The first kappa shape index (κ1) is 17.8. The molecule has 0 spiro atoms. The van der Waals surface area contributed by atoms with E-state index in [4.69, 9.17) is 4.43 Å². The van der Waals surface area contributed by atoms with Gasteiger partial charge in [-0.05, 0) is 56.8 Å². The second kappa shape index (κ2) is 6.23. The van der Waals surface area contributed by atoms with E-state index >= 15 is 0 Å². The average molecular weight is 299 g/mol. The molecule has 1 atom stereocenters. The molecule has 0 aromatic rings. The summed E-state index contributed by atoms with van der Waals surface area (Å²) in [5.41, 5.74) is -0.502. The van der Waals surface area contributed by atoms with E-state index in [0.29, 0.717) is 11.7 Å². The van der Waals surface area contributed by atoms with E-state index in [-0.39, 0.29) is 5.04 Å². The van der Waals surface area contributed by atoms with Gasteiger partial charge in [0.25, 0.3) is 0 Å². The van der Waals surface area contributed by atoms with Crippen molar-refractivity contribution in [3.8, 4) is 0 Å². The number of hydrogen-bond acceptors (Lipinski definition) is 2. The molecule has 0 aromatic heterocycles. The van der Waals surface area contributed by atoms with Gasteiger partial charge in [-0.3, -0.25) is 0 Å². The summed E-state index contributed by atoms with van der Waals surface area (Å²) >= 11 is 0. The van der Waals surface area contributed by atoms with E-state index in [1.54, 1.807) is 0 Å². The van der Waals surface area contributed by atoms with Crippen molar-refractivity contribution in [3.05, 3.63) is 11.8 Å². The molecule has 1 saturated carbocycles. The second-order valence-electron chi connectivity index (χ2n) is 7.98. The van der Waals surface area contributed by atoms with Crippen LogP contribution in [0.3, 0.4) is 0 Å². The highest BCUT2D eigenvalue weighted by Gasteiger charge is 2.48. The maximum Gasteiger partial charge on any atom is 0.193 e. The SMILES string of the molecule is C/C=C(\O)[C@@](C)(O[Si](C)(C)C(C)(C)C)C1CCCCC1. The van der Waals surface area contributed by atoms with Crippen LogP contribution >= 0.6 is 0 Å². The molecule has 0 aliphatic heterocycles. The minimum atomic E-state index is -1.90. The van der Waals surface area contributed by atoms with E-state index in [9.17, 15) is 5.11 Å². The summed E-state index contributed by atoms with van der Waals surface area (Å²) in [5.74, 6) is 0.871. The molecular formula is C17H34O2Si. The van der Waals surface area contributed by atoms with Crippen molar-refractivity contribution < 1.29 is 9.53 Å². The third-order valence-corrected chi connectivity index (χ3v) is 9.99. The fourth-order valence-electron chi connectivity index (χ4n) is 2.97. The number of aliphatic hydroxyl groups is 1. The third-order valence-electron chi connectivity index (χ3n) is 5.44. The molecule has 0 radical (unpaired) electrons. The lowest BCUT2D eigenvalue weighted by Crippen LogP contribution is -2.53. The van der Waals surface area contributed by atoms with E-state index in [1.165, 1.54) is 32.1 Å². The Morgan fingerprint density at radius 3 is 2.00 bits per heavy atom. The van der Waals surface area contributed by atoms with Crippen LogP contribution in [0.1, 0.15) is 66.7 Å². The van der Waals surface area contributed by atoms with Crippen molar-refractivity contribution in [1.82, 2.24) is 0 Å². The molecule has 0 unspecified atom stereocenters. The Bertz CT molecular complexity index is 348. The van der Waals surface area contributed by atoms with E-state index in [1.807, 2.05) is 13.0 Å². The highest BCUT2D eigenvalue weighted by Crippen LogP contribution is 2.45. The molecule has 118 valence electrons.